The first-order valence-corrected chi connectivity index (χ1v) is 10.5. The molecule has 7 heteroatoms. The van der Waals surface area contributed by atoms with E-state index < -0.39 is 10.0 Å². The summed E-state index contributed by atoms with van der Waals surface area (Å²) in [5.74, 6) is 0.297. The summed E-state index contributed by atoms with van der Waals surface area (Å²) in [5, 5.41) is 0. The topological polar surface area (TPSA) is 75.2 Å². The Bertz CT molecular complexity index is 1040. The lowest BCUT2D eigenvalue weighted by Gasteiger charge is -2.19. The first-order chi connectivity index (χ1) is 13.3. The summed E-state index contributed by atoms with van der Waals surface area (Å²) < 4.78 is 27.8. The van der Waals surface area contributed by atoms with Gasteiger partial charge in [0.2, 0.25) is 0 Å². The number of nitrogens with zero attached hydrogens (tertiary/aromatic N) is 3. The number of aromatic nitrogens is 2. The van der Waals surface area contributed by atoms with Gasteiger partial charge in [0.25, 0.3) is 10.0 Å². The average Bonchev–Trinajstić information content (AvgIpc) is 2.67. The van der Waals surface area contributed by atoms with E-state index >= 15 is 0 Å². The fourth-order valence-electron chi connectivity index (χ4n) is 2.94. The maximum atomic E-state index is 12.6. The van der Waals surface area contributed by atoms with Crippen molar-refractivity contribution < 1.29 is 8.42 Å². The molecule has 28 heavy (non-hydrogen) atoms. The summed E-state index contributed by atoms with van der Waals surface area (Å²) in [4.78, 5) is 10.6. The zero-order valence-electron chi connectivity index (χ0n) is 16.3. The molecule has 0 bridgehead atoms. The Labute approximate surface area is 166 Å². The zero-order chi connectivity index (χ0) is 20.1. The second kappa shape index (κ2) is 8.39. The quantitative estimate of drug-likeness (QED) is 0.661. The number of hydrogen-bond acceptors (Lipinski definition) is 5. The van der Waals surface area contributed by atoms with Crippen LogP contribution in [0.5, 0.6) is 0 Å². The minimum atomic E-state index is -3.67. The van der Waals surface area contributed by atoms with Crippen LogP contribution in [0.2, 0.25) is 0 Å². The highest BCUT2D eigenvalue weighted by atomic mass is 32.2. The molecule has 0 saturated carbocycles. The molecule has 0 saturated heterocycles. The van der Waals surface area contributed by atoms with E-state index in [0.29, 0.717) is 11.4 Å². The molecule has 0 aliphatic rings. The van der Waals surface area contributed by atoms with Crippen LogP contribution in [0.25, 0.3) is 0 Å². The number of benzene rings is 1. The van der Waals surface area contributed by atoms with Crippen molar-refractivity contribution in [3.05, 3.63) is 77.7 Å². The number of rotatable bonds is 7. The molecule has 6 nitrogen and oxygen atoms in total. The van der Waals surface area contributed by atoms with Crippen LogP contribution in [0.3, 0.4) is 0 Å². The lowest BCUT2D eigenvalue weighted by atomic mass is 10.2. The summed E-state index contributed by atoms with van der Waals surface area (Å²) in [7, 11) is -1.69. The SMILES string of the molecule is Cc1ccc(S(=O)(=O)Nc2ccc(N(C)CCc3ccncc3)cn2)c(C)c1. The number of pyridine rings is 2. The van der Waals surface area contributed by atoms with Gasteiger partial charge in [-0.1, -0.05) is 17.7 Å². The summed E-state index contributed by atoms with van der Waals surface area (Å²) in [6.07, 6.45) is 6.13. The second-order valence-electron chi connectivity index (χ2n) is 6.80. The minimum absolute atomic E-state index is 0.262. The van der Waals surface area contributed by atoms with Gasteiger partial charge >= 0.3 is 0 Å². The standard InChI is InChI=1S/C21H24N4O2S/c1-16-4-6-20(17(2)14-16)28(26,27)24-21-7-5-19(15-23-21)25(3)13-10-18-8-11-22-12-9-18/h4-9,11-12,14-15H,10,13H2,1-3H3,(H,23,24). The highest BCUT2D eigenvalue weighted by molar-refractivity contribution is 7.92. The summed E-state index contributed by atoms with van der Waals surface area (Å²) in [5.41, 5.74) is 3.87. The van der Waals surface area contributed by atoms with Crippen LogP contribution < -0.4 is 9.62 Å². The Morgan fingerprint density at radius 1 is 1.04 bits per heavy atom. The minimum Gasteiger partial charge on any atom is -0.373 e. The van der Waals surface area contributed by atoms with Crippen molar-refractivity contribution in [2.45, 2.75) is 25.2 Å². The fourth-order valence-corrected chi connectivity index (χ4v) is 4.18. The molecule has 0 radical (unpaired) electrons. The van der Waals surface area contributed by atoms with Gasteiger partial charge in [0, 0.05) is 26.0 Å². The van der Waals surface area contributed by atoms with Crippen molar-refractivity contribution in [2.24, 2.45) is 0 Å². The Kier molecular flexibility index (Phi) is 5.94. The predicted octanol–water partition coefficient (Wildman–Crippen LogP) is 3.57. The molecule has 2 aromatic heterocycles. The summed E-state index contributed by atoms with van der Waals surface area (Å²) in [6.45, 7) is 4.54. The van der Waals surface area contributed by atoms with Gasteiger partial charge < -0.3 is 4.90 Å². The highest BCUT2D eigenvalue weighted by Gasteiger charge is 2.17. The second-order valence-corrected chi connectivity index (χ2v) is 8.45. The van der Waals surface area contributed by atoms with Crippen LogP contribution in [0.4, 0.5) is 11.5 Å². The van der Waals surface area contributed by atoms with Crippen molar-refractivity contribution in [1.29, 1.82) is 0 Å². The Morgan fingerprint density at radius 3 is 2.43 bits per heavy atom. The number of sulfonamides is 1. The molecule has 0 spiro atoms. The molecule has 0 fully saturated rings. The van der Waals surface area contributed by atoms with E-state index in [1.165, 1.54) is 5.56 Å². The molecule has 0 unspecified atom stereocenters. The number of anilines is 2. The predicted molar refractivity (Wildman–Crippen MR) is 112 cm³/mol. The summed E-state index contributed by atoms with van der Waals surface area (Å²) in [6, 6.07) is 12.8. The molecular weight excluding hydrogens is 372 g/mol. The van der Waals surface area contributed by atoms with Crippen LogP contribution >= 0.6 is 0 Å². The number of nitrogens with one attached hydrogen (secondary N) is 1. The van der Waals surface area contributed by atoms with Gasteiger partial charge in [-0.05, 0) is 61.7 Å². The lowest BCUT2D eigenvalue weighted by molar-refractivity contribution is 0.600. The molecule has 0 aliphatic heterocycles. The smallest absolute Gasteiger partial charge is 0.263 e. The molecule has 0 aliphatic carbocycles. The van der Waals surface area contributed by atoms with Crippen LogP contribution in [0.1, 0.15) is 16.7 Å². The average molecular weight is 397 g/mol. The third-order valence-electron chi connectivity index (χ3n) is 4.53. The Hall–Kier alpha value is -2.93. The van der Waals surface area contributed by atoms with E-state index in [0.717, 1.165) is 24.2 Å². The van der Waals surface area contributed by atoms with E-state index in [4.69, 9.17) is 0 Å². The molecule has 0 atom stereocenters. The van der Waals surface area contributed by atoms with E-state index in [-0.39, 0.29) is 4.90 Å². The maximum Gasteiger partial charge on any atom is 0.263 e. The monoisotopic (exact) mass is 396 g/mol. The normalized spacial score (nSPS) is 11.2. The molecular formula is C21H24N4O2S. The van der Waals surface area contributed by atoms with Crippen molar-refractivity contribution >= 4 is 21.5 Å². The van der Waals surface area contributed by atoms with Gasteiger partial charge in [0.1, 0.15) is 5.82 Å². The van der Waals surface area contributed by atoms with E-state index in [2.05, 4.69) is 19.6 Å². The van der Waals surface area contributed by atoms with Gasteiger partial charge in [0.15, 0.2) is 0 Å². The highest BCUT2D eigenvalue weighted by Crippen LogP contribution is 2.21. The van der Waals surface area contributed by atoms with Gasteiger partial charge in [-0.15, -0.1) is 0 Å². The van der Waals surface area contributed by atoms with Crippen LogP contribution in [-0.4, -0.2) is 32.0 Å². The van der Waals surface area contributed by atoms with Crippen molar-refractivity contribution in [3.8, 4) is 0 Å². The Balaban J connectivity index is 1.66. The van der Waals surface area contributed by atoms with Crippen LogP contribution in [0, 0.1) is 13.8 Å². The van der Waals surface area contributed by atoms with E-state index in [1.807, 2.05) is 38.2 Å². The van der Waals surface area contributed by atoms with Crippen molar-refractivity contribution in [3.63, 3.8) is 0 Å². The Morgan fingerprint density at radius 2 is 1.79 bits per heavy atom. The van der Waals surface area contributed by atoms with Crippen molar-refractivity contribution in [1.82, 2.24) is 9.97 Å². The number of aryl methyl sites for hydroxylation is 2. The van der Waals surface area contributed by atoms with Crippen LogP contribution in [-0.2, 0) is 16.4 Å². The van der Waals surface area contributed by atoms with Gasteiger partial charge in [-0.25, -0.2) is 13.4 Å². The molecule has 3 rings (SSSR count). The van der Waals surface area contributed by atoms with Gasteiger partial charge in [-0.3, -0.25) is 9.71 Å². The first-order valence-electron chi connectivity index (χ1n) is 9.01. The molecule has 1 aromatic carbocycles. The molecule has 1 N–H and O–H groups in total. The maximum absolute atomic E-state index is 12.6. The number of likely N-dealkylation sites (N-methyl/N-ethyl adjacent to an activating group) is 1. The largest absolute Gasteiger partial charge is 0.373 e. The van der Waals surface area contributed by atoms with Crippen LogP contribution in [0.15, 0.2) is 66.0 Å². The molecule has 2 heterocycles. The lowest BCUT2D eigenvalue weighted by Crippen LogP contribution is -2.21. The zero-order valence-corrected chi connectivity index (χ0v) is 17.1. The molecule has 3 aromatic rings. The number of hydrogen-bond donors (Lipinski definition) is 1. The summed E-state index contributed by atoms with van der Waals surface area (Å²) >= 11 is 0. The first kappa shape index (κ1) is 19.8. The van der Waals surface area contributed by atoms with Gasteiger partial charge in [-0.2, -0.15) is 0 Å². The van der Waals surface area contributed by atoms with Gasteiger partial charge in [0.05, 0.1) is 16.8 Å². The van der Waals surface area contributed by atoms with Crippen molar-refractivity contribution in [2.75, 3.05) is 23.2 Å². The van der Waals surface area contributed by atoms with E-state index in [9.17, 15) is 8.42 Å². The van der Waals surface area contributed by atoms with E-state index in [1.54, 1.807) is 43.7 Å². The molecule has 0 amide bonds. The molecule has 146 valence electrons. The fraction of sp³-hybridized carbons (Fsp3) is 0.238. The third kappa shape index (κ3) is 4.86. The third-order valence-corrected chi connectivity index (χ3v) is 6.05.